The number of ether oxygens (including phenoxy) is 1. The maximum absolute atomic E-state index is 12.4. The van der Waals surface area contributed by atoms with Crippen LogP contribution in [0.3, 0.4) is 0 Å². The van der Waals surface area contributed by atoms with Gasteiger partial charge in [-0.25, -0.2) is 15.2 Å². The Bertz CT molecular complexity index is 955. The summed E-state index contributed by atoms with van der Waals surface area (Å²) in [5.74, 6) is 0.889. The van der Waals surface area contributed by atoms with E-state index in [9.17, 15) is 9.59 Å². The zero-order chi connectivity index (χ0) is 19.9. The van der Waals surface area contributed by atoms with E-state index in [2.05, 4.69) is 21.2 Å². The molecule has 0 bridgehead atoms. The van der Waals surface area contributed by atoms with Crippen LogP contribution in [0.15, 0.2) is 67.0 Å². The van der Waals surface area contributed by atoms with Crippen molar-refractivity contribution in [3.05, 3.63) is 83.9 Å². The van der Waals surface area contributed by atoms with Crippen LogP contribution < -0.4 is 20.9 Å². The highest BCUT2D eigenvalue weighted by Crippen LogP contribution is 2.24. The highest BCUT2D eigenvalue weighted by molar-refractivity contribution is 5.95. The normalized spacial score (nSPS) is 11.4. The fourth-order valence-corrected chi connectivity index (χ4v) is 2.72. The molecule has 28 heavy (non-hydrogen) atoms. The van der Waals surface area contributed by atoms with Crippen molar-refractivity contribution in [2.75, 3.05) is 7.11 Å². The number of amides is 3. The third kappa shape index (κ3) is 4.47. The average molecular weight is 379 g/mol. The Morgan fingerprint density at radius 2 is 1.86 bits per heavy atom. The van der Waals surface area contributed by atoms with Gasteiger partial charge in [0.1, 0.15) is 17.6 Å². The first-order chi connectivity index (χ1) is 13.6. The summed E-state index contributed by atoms with van der Waals surface area (Å²) < 4.78 is 7.09. The topological polar surface area (TPSA) is 97.3 Å². The van der Waals surface area contributed by atoms with Crippen LogP contribution in [0, 0.1) is 0 Å². The lowest BCUT2D eigenvalue weighted by Gasteiger charge is -2.20. The van der Waals surface area contributed by atoms with E-state index in [1.165, 1.54) is 0 Å². The summed E-state index contributed by atoms with van der Waals surface area (Å²) in [4.78, 5) is 28.8. The predicted octanol–water partition coefficient (Wildman–Crippen LogP) is 2.16. The molecule has 0 saturated carbocycles. The summed E-state index contributed by atoms with van der Waals surface area (Å²) in [6, 6.07) is 14.8. The van der Waals surface area contributed by atoms with Crippen LogP contribution >= 0.6 is 0 Å². The Kier molecular flexibility index (Phi) is 5.91. The van der Waals surface area contributed by atoms with Gasteiger partial charge in [-0.1, -0.05) is 30.3 Å². The third-order valence-electron chi connectivity index (χ3n) is 4.14. The van der Waals surface area contributed by atoms with Crippen LogP contribution in [-0.4, -0.2) is 28.6 Å². The number of methoxy groups -OCH3 is 1. The number of hydrogen-bond donors (Lipinski definition) is 3. The quantitative estimate of drug-likeness (QED) is 0.592. The van der Waals surface area contributed by atoms with Gasteiger partial charge in [-0.2, -0.15) is 0 Å². The van der Waals surface area contributed by atoms with Crippen LogP contribution in [0.25, 0.3) is 0 Å². The lowest BCUT2D eigenvalue weighted by atomic mass is 10.1. The van der Waals surface area contributed by atoms with E-state index >= 15 is 0 Å². The van der Waals surface area contributed by atoms with E-state index in [0.29, 0.717) is 17.1 Å². The van der Waals surface area contributed by atoms with Crippen LogP contribution in [0.4, 0.5) is 4.79 Å². The molecule has 2 aromatic carbocycles. The molecule has 1 heterocycles. The van der Waals surface area contributed by atoms with Gasteiger partial charge >= 0.3 is 6.03 Å². The molecular weight excluding hydrogens is 358 g/mol. The van der Waals surface area contributed by atoms with Crippen molar-refractivity contribution in [1.82, 2.24) is 25.7 Å². The number of urea groups is 1. The lowest BCUT2D eigenvalue weighted by molar-refractivity contribution is 0.0936. The zero-order valence-corrected chi connectivity index (χ0v) is 15.5. The molecule has 3 amide bonds. The van der Waals surface area contributed by atoms with Gasteiger partial charge < -0.3 is 14.6 Å². The highest BCUT2D eigenvalue weighted by atomic mass is 16.5. The summed E-state index contributed by atoms with van der Waals surface area (Å²) in [5.41, 5.74) is 5.99. The third-order valence-corrected chi connectivity index (χ3v) is 4.14. The second-order valence-corrected chi connectivity index (χ2v) is 6.02. The first kappa shape index (κ1) is 19.0. The monoisotopic (exact) mass is 379 g/mol. The van der Waals surface area contributed by atoms with Gasteiger partial charge in [0.05, 0.1) is 7.11 Å². The molecular formula is C20H21N5O3. The fraction of sp³-hybridized carbons (Fsp3) is 0.150. The van der Waals surface area contributed by atoms with Gasteiger partial charge in [0.15, 0.2) is 0 Å². The molecule has 3 N–H and O–H groups in total. The van der Waals surface area contributed by atoms with E-state index in [1.54, 1.807) is 43.8 Å². The number of rotatable bonds is 5. The van der Waals surface area contributed by atoms with Crippen molar-refractivity contribution < 1.29 is 14.3 Å². The van der Waals surface area contributed by atoms with Gasteiger partial charge in [0.25, 0.3) is 5.91 Å². The molecule has 0 aliphatic carbocycles. The molecule has 0 spiro atoms. The molecule has 0 radical (unpaired) electrons. The molecule has 8 nitrogen and oxygen atoms in total. The second-order valence-electron chi connectivity index (χ2n) is 6.02. The molecule has 0 aliphatic rings. The maximum Gasteiger partial charge on any atom is 0.334 e. The van der Waals surface area contributed by atoms with Gasteiger partial charge in [-0.15, -0.1) is 0 Å². The van der Waals surface area contributed by atoms with Crippen molar-refractivity contribution in [3.63, 3.8) is 0 Å². The van der Waals surface area contributed by atoms with E-state index in [-0.39, 0.29) is 0 Å². The van der Waals surface area contributed by atoms with Crippen molar-refractivity contribution in [1.29, 1.82) is 0 Å². The summed E-state index contributed by atoms with van der Waals surface area (Å²) >= 11 is 0. The zero-order valence-electron chi connectivity index (χ0n) is 15.5. The number of imidazole rings is 1. The minimum Gasteiger partial charge on any atom is -0.497 e. The van der Waals surface area contributed by atoms with Crippen molar-refractivity contribution in [2.24, 2.45) is 7.05 Å². The summed E-state index contributed by atoms with van der Waals surface area (Å²) in [7, 11) is 3.42. The van der Waals surface area contributed by atoms with Crippen molar-refractivity contribution in [2.45, 2.75) is 6.04 Å². The average Bonchev–Trinajstić information content (AvgIpc) is 3.16. The summed E-state index contributed by atoms with van der Waals surface area (Å²) in [6.07, 6.45) is 3.44. The smallest absolute Gasteiger partial charge is 0.334 e. The SMILES string of the molecule is COc1cccc(C(NC(=O)NNC(=O)c2ccccc2)c2nccn2C)c1. The molecule has 3 rings (SSSR count). The second kappa shape index (κ2) is 8.72. The van der Waals surface area contributed by atoms with Crippen LogP contribution in [-0.2, 0) is 7.05 Å². The number of nitrogens with one attached hydrogen (secondary N) is 3. The van der Waals surface area contributed by atoms with E-state index in [4.69, 9.17) is 4.74 Å². The number of carbonyl (C=O) groups is 2. The standard InChI is InChI=1S/C20H21N5O3/c1-25-12-11-21-18(25)17(15-9-6-10-16(13-15)28-2)22-20(27)24-23-19(26)14-7-4-3-5-8-14/h3-13,17H,1-2H3,(H,23,26)(H2,22,24,27). The van der Waals surface area contributed by atoms with Crippen molar-refractivity contribution >= 4 is 11.9 Å². The van der Waals surface area contributed by atoms with Gasteiger partial charge in [-0.3, -0.25) is 10.2 Å². The number of hydrazine groups is 1. The number of benzene rings is 2. The highest BCUT2D eigenvalue weighted by Gasteiger charge is 2.21. The molecule has 1 unspecified atom stereocenters. The van der Waals surface area contributed by atoms with Gasteiger partial charge in [0.2, 0.25) is 0 Å². The minimum absolute atomic E-state index is 0.411. The first-order valence-electron chi connectivity index (χ1n) is 8.61. The fourth-order valence-electron chi connectivity index (χ4n) is 2.72. The lowest BCUT2D eigenvalue weighted by Crippen LogP contribution is -2.48. The van der Waals surface area contributed by atoms with E-state index < -0.39 is 18.0 Å². The number of aromatic nitrogens is 2. The summed E-state index contributed by atoms with van der Waals surface area (Å²) in [5, 5.41) is 2.83. The Morgan fingerprint density at radius 3 is 2.54 bits per heavy atom. The molecule has 8 heteroatoms. The minimum atomic E-state index is -0.569. The molecule has 1 aromatic heterocycles. The van der Waals surface area contributed by atoms with Crippen molar-refractivity contribution in [3.8, 4) is 5.75 Å². The van der Waals surface area contributed by atoms with E-state index in [0.717, 1.165) is 5.56 Å². The molecule has 0 fully saturated rings. The Balaban J connectivity index is 1.73. The summed E-state index contributed by atoms with van der Waals surface area (Å²) in [6.45, 7) is 0. The maximum atomic E-state index is 12.4. The molecule has 1 atom stereocenters. The molecule has 144 valence electrons. The number of nitrogens with zero attached hydrogens (tertiary/aromatic N) is 2. The van der Waals surface area contributed by atoms with Crippen LogP contribution in [0.5, 0.6) is 5.75 Å². The van der Waals surface area contributed by atoms with Crippen LogP contribution in [0.1, 0.15) is 27.8 Å². The predicted molar refractivity (Wildman–Crippen MR) is 104 cm³/mol. The Labute approximate surface area is 162 Å². The molecule has 3 aromatic rings. The molecule has 0 aliphatic heterocycles. The number of carbonyl (C=O) groups excluding carboxylic acids is 2. The van der Waals surface area contributed by atoms with E-state index in [1.807, 2.05) is 41.9 Å². The Morgan fingerprint density at radius 1 is 1.07 bits per heavy atom. The largest absolute Gasteiger partial charge is 0.497 e. The van der Waals surface area contributed by atoms with Gasteiger partial charge in [0, 0.05) is 25.0 Å². The van der Waals surface area contributed by atoms with Crippen LogP contribution in [0.2, 0.25) is 0 Å². The number of hydrogen-bond acceptors (Lipinski definition) is 4. The Hall–Kier alpha value is -3.81. The molecule has 0 saturated heterocycles. The first-order valence-corrected chi connectivity index (χ1v) is 8.61. The van der Waals surface area contributed by atoms with Gasteiger partial charge in [-0.05, 0) is 29.8 Å². The number of aryl methyl sites for hydroxylation is 1.